The number of ketones is 2. The summed E-state index contributed by atoms with van der Waals surface area (Å²) in [6, 6.07) is 0. The Morgan fingerprint density at radius 3 is 2.50 bits per heavy atom. The molecule has 24 heavy (non-hydrogen) atoms. The molecule has 0 saturated heterocycles. The molecule has 0 aromatic carbocycles. The molecular formula is C22H32O2. The molecule has 0 aromatic rings. The molecule has 6 atom stereocenters. The van der Waals surface area contributed by atoms with E-state index in [9.17, 15) is 9.59 Å². The molecule has 5 fully saturated rings. The predicted molar refractivity (Wildman–Crippen MR) is 95.5 cm³/mol. The molecule has 2 heteroatoms. The number of rotatable bonds is 2. The summed E-state index contributed by atoms with van der Waals surface area (Å²) in [6.45, 7) is 11.1. The zero-order valence-corrected chi connectivity index (χ0v) is 15.6. The number of carbonyl (C=O) groups excluding carboxylic acids is 2. The zero-order valence-electron chi connectivity index (χ0n) is 15.6. The highest BCUT2D eigenvalue weighted by atomic mass is 16.2. The maximum atomic E-state index is 13.4. The van der Waals surface area contributed by atoms with Crippen LogP contribution in [0.15, 0.2) is 12.2 Å². The van der Waals surface area contributed by atoms with Crippen LogP contribution in [0.2, 0.25) is 0 Å². The lowest BCUT2D eigenvalue weighted by Gasteiger charge is -2.67. The smallest absolute Gasteiger partial charge is 0.172 e. The van der Waals surface area contributed by atoms with Crippen LogP contribution in [-0.2, 0) is 9.59 Å². The van der Waals surface area contributed by atoms with Gasteiger partial charge in [0.05, 0.1) is 5.41 Å². The lowest BCUT2D eigenvalue weighted by atomic mass is 9.35. The van der Waals surface area contributed by atoms with Crippen LogP contribution < -0.4 is 0 Å². The van der Waals surface area contributed by atoms with Crippen molar-refractivity contribution < 1.29 is 9.59 Å². The van der Waals surface area contributed by atoms with E-state index in [1.54, 1.807) is 0 Å². The molecule has 1 spiro atoms. The predicted octanol–water partition coefficient (Wildman–Crippen LogP) is 5.11. The van der Waals surface area contributed by atoms with E-state index in [2.05, 4.69) is 27.4 Å². The maximum Gasteiger partial charge on any atom is 0.172 e. The first kappa shape index (κ1) is 16.5. The summed E-state index contributed by atoms with van der Waals surface area (Å²) in [5.41, 5.74) is 0.545. The van der Waals surface area contributed by atoms with Crippen molar-refractivity contribution in [2.24, 2.45) is 34.0 Å². The molecule has 2 bridgehead atoms. The highest BCUT2D eigenvalue weighted by molar-refractivity contribution is 6.16. The molecule has 0 aliphatic heterocycles. The molecule has 2 nitrogen and oxygen atoms in total. The van der Waals surface area contributed by atoms with Gasteiger partial charge in [0.25, 0.3) is 0 Å². The van der Waals surface area contributed by atoms with Gasteiger partial charge in [0.2, 0.25) is 0 Å². The fourth-order valence-corrected chi connectivity index (χ4v) is 7.62. The van der Waals surface area contributed by atoms with Gasteiger partial charge in [-0.05, 0) is 72.7 Å². The number of carbonyl (C=O) groups is 2. The minimum Gasteiger partial charge on any atom is -0.299 e. The van der Waals surface area contributed by atoms with E-state index in [1.807, 2.05) is 0 Å². The van der Waals surface area contributed by atoms with Crippen molar-refractivity contribution in [3.63, 3.8) is 0 Å². The minimum absolute atomic E-state index is 0.134. The first-order valence-electron chi connectivity index (χ1n) is 10.1. The van der Waals surface area contributed by atoms with Gasteiger partial charge in [0.1, 0.15) is 5.78 Å². The molecule has 0 N–H and O–H groups in total. The van der Waals surface area contributed by atoms with Crippen molar-refractivity contribution in [1.29, 1.82) is 0 Å². The summed E-state index contributed by atoms with van der Waals surface area (Å²) in [5, 5.41) is 0. The number of Topliss-reactive ketones (excluding diaryl/α,β-unsaturated/α-hetero) is 2. The van der Waals surface area contributed by atoms with E-state index >= 15 is 0 Å². The van der Waals surface area contributed by atoms with Crippen molar-refractivity contribution in [2.75, 3.05) is 0 Å². The Morgan fingerprint density at radius 2 is 1.83 bits per heavy atom. The monoisotopic (exact) mass is 328 g/mol. The average Bonchev–Trinajstić information content (AvgIpc) is 2.60. The van der Waals surface area contributed by atoms with Gasteiger partial charge in [-0.2, -0.15) is 0 Å². The molecular weight excluding hydrogens is 296 g/mol. The van der Waals surface area contributed by atoms with Crippen LogP contribution in [0.3, 0.4) is 0 Å². The fraction of sp³-hybridized carbons (Fsp3) is 0.818. The lowest BCUT2D eigenvalue weighted by Crippen LogP contribution is -2.67. The second-order valence-electron chi connectivity index (χ2n) is 9.48. The van der Waals surface area contributed by atoms with E-state index in [4.69, 9.17) is 0 Å². The second kappa shape index (κ2) is 5.05. The maximum absolute atomic E-state index is 13.4. The van der Waals surface area contributed by atoms with E-state index < -0.39 is 5.41 Å². The van der Waals surface area contributed by atoms with E-state index in [0.717, 1.165) is 37.7 Å². The molecule has 5 aliphatic rings. The number of hydrogen-bond donors (Lipinski definition) is 0. The standard InChI is InChI=1S/C22H32O2/c1-5-20(4)9-7-10-21(6-2)16(20)13-18(23)22-11-8-15(12-17(21)22)14(3)19(22)24/h15-17H,3,5-13H2,1-2,4H3/t15-,16?,17?,20+,21+,22+/m0/s1. The molecule has 132 valence electrons. The number of allylic oxidation sites excluding steroid dienone is 1. The van der Waals surface area contributed by atoms with Crippen LogP contribution in [0.1, 0.15) is 78.6 Å². The largest absolute Gasteiger partial charge is 0.299 e. The van der Waals surface area contributed by atoms with E-state index in [-0.39, 0.29) is 28.3 Å². The van der Waals surface area contributed by atoms with Crippen molar-refractivity contribution in [1.82, 2.24) is 0 Å². The normalized spacial score (nSPS) is 50.6. The summed E-state index contributed by atoms with van der Waals surface area (Å²) in [5.74, 6) is 1.50. The SMILES string of the molecule is C=C1C(=O)[C@]23CC[C@H]1CC2[C@]1(CC)CCC[C@@](C)(CC)C1CC3=O. The lowest BCUT2D eigenvalue weighted by molar-refractivity contribution is -0.190. The third kappa shape index (κ3) is 1.68. The molecule has 5 aliphatic carbocycles. The molecule has 0 radical (unpaired) electrons. The summed E-state index contributed by atoms with van der Waals surface area (Å²) in [4.78, 5) is 26.6. The Hall–Kier alpha value is -0.920. The van der Waals surface area contributed by atoms with E-state index in [1.165, 1.54) is 19.3 Å². The van der Waals surface area contributed by atoms with Crippen LogP contribution in [0.4, 0.5) is 0 Å². The van der Waals surface area contributed by atoms with Crippen LogP contribution in [0.25, 0.3) is 0 Å². The Balaban J connectivity index is 1.88. The van der Waals surface area contributed by atoms with Gasteiger partial charge in [0.15, 0.2) is 5.78 Å². The zero-order chi connectivity index (χ0) is 17.3. The van der Waals surface area contributed by atoms with E-state index in [0.29, 0.717) is 18.3 Å². The third-order valence-electron chi connectivity index (χ3n) is 9.16. The Morgan fingerprint density at radius 1 is 1.08 bits per heavy atom. The Bertz CT molecular complexity index is 619. The molecule has 5 rings (SSSR count). The highest BCUT2D eigenvalue weighted by Gasteiger charge is 2.70. The van der Waals surface area contributed by atoms with Crippen molar-refractivity contribution in [3.8, 4) is 0 Å². The number of hydrogen-bond acceptors (Lipinski definition) is 2. The fourth-order valence-electron chi connectivity index (χ4n) is 7.62. The van der Waals surface area contributed by atoms with Crippen LogP contribution in [-0.4, -0.2) is 11.6 Å². The highest BCUT2D eigenvalue weighted by Crippen LogP contribution is 2.71. The summed E-state index contributed by atoms with van der Waals surface area (Å²) < 4.78 is 0. The van der Waals surface area contributed by atoms with Gasteiger partial charge in [-0.1, -0.05) is 40.2 Å². The van der Waals surface area contributed by atoms with Crippen LogP contribution in [0, 0.1) is 34.0 Å². The molecule has 0 aromatic heterocycles. The van der Waals surface area contributed by atoms with Crippen LogP contribution >= 0.6 is 0 Å². The molecule has 0 heterocycles. The third-order valence-corrected chi connectivity index (χ3v) is 9.16. The van der Waals surface area contributed by atoms with Crippen molar-refractivity contribution in [2.45, 2.75) is 78.6 Å². The molecule has 5 saturated carbocycles. The van der Waals surface area contributed by atoms with Gasteiger partial charge in [-0.25, -0.2) is 0 Å². The van der Waals surface area contributed by atoms with Gasteiger partial charge >= 0.3 is 0 Å². The van der Waals surface area contributed by atoms with Crippen molar-refractivity contribution in [3.05, 3.63) is 12.2 Å². The molecule has 0 amide bonds. The average molecular weight is 328 g/mol. The minimum atomic E-state index is -0.690. The summed E-state index contributed by atoms with van der Waals surface area (Å²) >= 11 is 0. The Labute approximate surface area is 146 Å². The van der Waals surface area contributed by atoms with Gasteiger partial charge in [-0.15, -0.1) is 0 Å². The van der Waals surface area contributed by atoms with Crippen LogP contribution in [0.5, 0.6) is 0 Å². The Kier molecular flexibility index (Phi) is 3.48. The topological polar surface area (TPSA) is 34.1 Å². The number of fused-ring (bicyclic) bond motifs is 3. The van der Waals surface area contributed by atoms with Gasteiger partial charge in [-0.3, -0.25) is 9.59 Å². The van der Waals surface area contributed by atoms with Gasteiger partial charge < -0.3 is 0 Å². The molecule has 2 unspecified atom stereocenters. The van der Waals surface area contributed by atoms with Crippen molar-refractivity contribution >= 4 is 11.6 Å². The summed E-state index contributed by atoms with van der Waals surface area (Å²) in [6.07, 6.45) is 9.48. The second-order valence-corrected chi connectivity index (χ2v) is 9.48. The quantitative estimate of drug-likeness (QED) is 0.521. The summed E-state index contributed by atoms with van der Waals surface area (Å²) in [7, 11) is 0. The first-order valence-corrected chi connectivity index (χ1v) is 10.1. The van der Waals surface area contributed by atoms with Gasteiger partial charge in [0, 0.05) is 6.42 Å². The first-order chi connectivity index (χ1) is 11.4.